The predicted molar refractivity (Wildman–Crippen MR) is 78.9 cm³/mol. The summed E-state index contributed by atoms with van der Waals surface area (Å²) in [4.78, 5) is 0. The number of rotatable bonds is 5. The van der Waals surface area contributed by atoms with Crippen molar-refractivity contribution in [3.8, 4) is 5.75 Å². The van der Waals surface area contributed by atoms with Gasteiger partial charge in [-0.3, -0.25) is 0 Å². The number of furan rings is 1. The van der Waals surface area contributed by atoms with E-state index in [1.54, 1.807) is 6.26 Å². The molecule has 1 aromatic carbocycles. The number of aryl methyl sites for hydroxylation is 2. The largest absolute Gasteiger partial charge is 0.489 e. The summed E-state index contributed by atoms with van der Waals surface area (Å²) in [6.07, 6.45) is 6.73. The fourth-order valence-electron chi connectivity index (χ4n) is 2.77. The number of hydrogen-bond acceptors (Lipinski definition) is 3. The predicted octanol–water partition coefficient (Wildman–Crippen LogP) is 3.46. The molecule has 1 aliphatic carbocycles. The molecule has 2 aromatic rings. The molecular weight excluding hydrogens is 250 g/mol. The lowest BCUT2D eigenvalue weighted by molar-refractivity contribution is 0.301. The molecule has 0 spiro atoms. The highest BCUT2D eigenvalue weighted by Crippen LogP contribution is 2.26. The maximum absolute atomic E-state index is 5.92. The van der Waals surface area contributed by atoms with Crippen LogP contribution < -0.4 is 10.1 Å². The van der Waals surface area contributed by atoms with Crippen LogP contribution in [0.5, 0.6) is 5.75 Å². The van der Waals surface area contributed by atoms with E-state index in [-0.39, 0.29) is 0 Å². The lowest BCUT2D eigenvalue weighted by Crippen LogP contribution is -2.07. The van der Waals surface area contributed by atoms with Gasteiger partial charge in [-0.2, -0.15) is 0 Å². The summed E-state index contributed by atoms with van der Waals surface area (Å²) in [5.41, 5.74) is 4.05. The fourth-order valence-corrected chi connectivity index (χ4v) is 2.77. The highest BCUT2D eigenvalue weighted by atomic mass is 16.5. The summed E-state index contributed by atoms with van der Waals surface area (Å²) < 4.78 is 11.4. The molecule has 3 heteroatoms. The molecule has 0 saturated heterocycles. The summed E-state index contributed by atoms with van der Waals surface area (Å²) in [7, 11) is 1.91. The van der Waals surface area contributed by atoms with Gasteiger partial charge in [-0.1, -0.05) is 6.07 Å². The van der Waals surface area contributed by atoms with Crippen molar-refractivity contribution in [2.45, 2.75) is 38.8 Å². The molecule has 0 radical (unpaired) electrons. The van der Waals surface area contributed by atoms with Gasteiger partial charge in [-0.25, -0.2) is 0 Å². The van der Waals surface area contributed by atoms with Crippen LogP contribution in [0.25, 0.3) is 0 Å². The molecule has 1 aromatic heterocycles. The Balaban J connectivity index is 1.67. The molecule has 0 unspecified atom stereocenters. The minimum Gasteiger partial charge on any atom is -0.489 e. The fraction of sp³-hybridized carbons (Fsp3) is 0.412. The van der Waals surface area contributed by atoms with Crippen LogP contribution >= 0.6 is 0 Å². The molecule has 20 heavy (non-hydrogen) atoms. The molecule has 1 N–H and O–H groups in total. The van der Waals surface area contributed by atoms with Crippen molar-refractivity contribution in [3.63, 3.8) is 0 Å². The lowest BCUT2D eigenvalue weighted by Gasteiger charge is -2.16. The summed E-state index contributed by atoms with van der Waals surface area (Å²) in [6, 6.07) is 8.48. The van der Waals surface area contributed by atoms with Crippen molar-refractivity contribution < 1.29 is 9.15 Å². The van der Waals surface area contributed by atoms with Gasteiger partial charge in [0.15, 0.2) is 0 Å². The molecular formula is C17H21NO2. The molecule has 0 bridgehead atoms. The average molecular weight is 271 g/mol. The first-order valence-corrected chi connectivity index (χ1v) is 7.31. The zero-order valence-electron chi connectivity index (χ0n) is 11.9. The number of nitrogens with one attached hydrogen (secondary N) is 1. The van der Waals surface area contributed by atoms with Crippen LogP contribution in [0.3, 0.4) is 0 Å². The number of hydrogen-bond donors (Lipinski definition) is 1. The Morgan fingerprint density at radius 3 is 2.85 bits per heavy atom. The highest BCUT2D eigenvalue weighted by Gasteiger charge is 2.11. The van der Waals surface area contributed by atoms with Crippen LogP contribution in [0.15, 0.2) is 34.9 Å². The van der Waals surface area contributed by atoms with Crippen LogP contribution in [0, 0.1) is 0 Å². The van der Waals surface area contributed by atoms with Crippen LogP contribution in [0.1, 0.15) is 35.3 Å². The standard InChI is InChI=1S/C17H21NO2/c1-18-11-17-15(8-9-19-17)12-20-16-7-6-13-4-2-3-5-14(13)10-16/h6-10,18H,2-5,11-12H2,1H3. The Labute approximate surface area is 119 Å². The number of benzene rings is 1. The molecule has 0 atom stereocenters. The summed E-state index contributed by atoms with van der Waals surface area (Å²) in [5.74, 6) is 1.91. The van der Waals surface area contributed by atoms with E-state index >= 15 is 0 Å². The van der Waals surface area contributed by atoms with E-state index in [0.717, 1.165) is 23.6 Å². The molecule has 0 amide bonds. The van der Waals surface area contributed by atoms with Gasteiger partial charge >= 0.3 is 0 Å². The van der Waals surface area contributed by atoms with Gasteiger partial charge in [0.05, 0.1) is 12.8 Å². The summed E-state index contributed by atoms with van der Waals surface area (Å²) in [5, 5.41) is 3.10. The zero-order chi connectivity index (χ0) is 13.8. The average Bonchev–Trinajstić information content (AvgIpc) is 2.93. The first-order valence-electron chi connectivity index (χ1n) is 7.31. The first-order chi connectivity index (χ1) is 9.86. The minimum absolute atomic E-state index is 0.562. The van der Waals surface area contributed by atoms with Crippen molar-refractivity contribution >= 4 is 0 Å². The van der Waals surface area contributed by atoms with Gasteiger partial charge < -0.3 is 14.5 Å². The summed E-state index contributed by atoms with van der Waals surface area (Å²) in [6.45, 7) is 1.29. The molecule has 106 valence electrons. The smallest absolute Gasteiger partial charge is 0.124 e. The second kappa shape index (κ2) is 6.14. The quantitative estimate of drug-likeness (QED) is 0.904. The Morgan fingerprint density at radius 2 is 2.00 bits per heavy atom. The van der Waals surface area contributed by atoms with Crippen molar-refractivity contribution in [1.82, 2.24) is 5.32 Å². The second-order valence-corrected chi connectivity index (χ2v) is 5.33. The lowest BCUT2D eigenvalue weighted by atomic mass is 9.92. The van der Waals surface area contributed by atoms with Gasteiger partial charge in [-0.15, -0.1) is 0 Å². The topological polar surface area (TPSA) is 34.4 Å². The first kappa shape index (κ1) is 13.3. The Morgan fingerprint density at radius 1 is 1.15 bits per heavy atom. The zero-order valence-corrected chi connectivity index (χ0v) is 11.9. The van der Waals surface area contributed by atoms with Crippen LogP contribution in [-0.4, -0.2) is 7.05 Å². The van der Waals surface area contributed by atoms with E-state index in [1.807, 2.05) is 13.1 Å². The second-order valence-electron chi connectivity index (χ2n) is 5.33. The highest BCUT2D eigenvalue weighted by molar-refractivity contribution is 5.37. The monoisotopic (exact) mass is 271 g/mol. The Bertz CT molecular complexity index is 574. The minimum atomic E-state index is 0.562. The third-order valence-corrected chi connectivity index (χ3v) is 3.89. The molecule has 3 rings (SSSR count). The van der Waals surface area contributed by atoms with Crippen molar-refractivity contribution in [3.05, 3.63) is 53.0 Å². The van der Waals surface area contributed by atoms with Gasteiger partial charge in [0.25, 0.3) is 0 Å². The van der Waals surface area contributed by atoms with Crippen molar-refractivity contribution in [2.75, 3.05) is 7.05 Å². The maximum atomic E-state index is 5.92. The van der Waals surface area contributed by atoms with E-state index in [9.17, 15) is 0 Å². The van der Waals surface area contributed by atoms with Gasteiger partial charge in [-0.05, 0) is 62.1 Å². The van der Waals surface area contributed by atoms with E-state index in [1.165, 1.54) is 36.8 Å². The Kier molecular flexibility index (Phi) is 4.07. The SMILES string of the molecule is CNCc1occc1COc1ccc2c(c1)CCCC2. The molecule has 3 nitrogen and oxygen atoms in total. The molecule has 1 aliphatic rings. The number of ether oxygens (including phenoxy) is 1. The maximum Gasteiger partial charge on any atom is 0.124 e. The van der Waals surface area contributed by atoms with E-state index in [4.69, 9.17) is 9.15 Å². The van der Waals surface area contributed by atoms with Crippen LogP contribution in [-0.2, 0) is 26.0 Å². The number of fused-ring (bicyclic) bond motifs is 1. The van der Waals surface area contributed by atoms with Crippen molar-refractivity contribution in [2.24, 2.45) is 0 Å². The van der Waals surface area contributed by atoms with Gasteiger partial charge in [0.2, 0.25) is 0 Å². The third-order valence-electron chi connectivity index (χ3n) is 3.89. The molecule has 1 heterocycles. The van der Waals surface area contributed by atoms with E-state index < -0.39 is 0 Å². The summed E-state index contributed by atoms with van der Waals surface area (Å²) >= 11 is 0. The van der Waals surface area contributed by atoms with Gasteiger partial charge in [0, 0.05) is 5.56 Å². The van der Waals surface area contributed by atoms with E-state index in [0.29, 0.717) is 6.61 Å². The van der Waals surface area contributed by atoms with Gasteiger partial charge in [0.1, 0.15) is 18.1 Å². The normalized spacial score (nSPS) is 14.1. The van der Waals surface area contributed by atoms with Crippen LogP contribution in [0.4, 0.5) is 0 Å². The Hall–Kier alpha value is -1.74. The van der Waals surface area contributed by atoms with Crippen molar-refractivity contribution in [1.29, 1.82) is 0 Å². The molecule has 0 fully saturated rings. The molecule has 0 saturated carbocycles. The third kappa shape index (κ3) is 2.88. The van der Waals surface area contributed by atoms with Crippen LogP contribution in [0.2, 0.25) is 0 Å². The van der Waals surface area contributed by atoms with E-state index in [2.05, 4.69) is 23.5 Å². The molecule has 0 aliphatic heterocycles.